The first-order chi connectivity index (χ1) is 11.3. The highest BCUT2D eigenvalue weighted by Crippen LogP contribution is 2.38. The average molecular weight is 332 g/mol. The second kappa shape index (κ2) is 7.09. The summed E-state index contributed by atoms with van der Waals surface area (Å²) in [5.74, 6) is 1.10. The van der Waals surface area contributed by atoms with Crippen molar-refractivity contribution in [3.63, 3.8) is 0 Å². The van der Waals surface area contributed by atoms with Crippen molar-refractivity contribution >= 4 is 17.0 Å². The lowest BCUT2D eigenvalue weighted by atomic mass is 9.99. The van der Waals surface area contributed by atoms with Crippen LogP contribution in [0, 0.1) is 0 Å². The van der Waals surface area contributed by atoms with Crippen molar-refractivity contribution in [2.24, 2.45) is 0 Å². The number of fused-ring (bicyclic) bond motifs is 1. The zero-order valence-corrected chi connectivity index (χ0v) is 14.8. The summed E-state index contributed by atoms with van der Waals surface area (Å²) < 4.78 is 16.4. The van der Waals surface area contributed by atoms with E-state index in [2.05, 4.69) is 0 Å². The van der Waals surface area contributed by atoms with E-state index in [0.29, 0.717) is 22.6 Å². The van der Waals surface area contributed by atoms with E-state index in [1.807, 2.05) is 6.92 Å². The van der Waals surface area contributed by atoms with Gasteiger partial charge < -0.3 is 19.0 Å². The molecule has 1 aromatic carbocycles. The third-order valence-corrected chi connectivity index (χ3v) is 3.68. The van der Waals surface area contributed by atoms with Gasteiger partial charge in [0, 0.05) is 12.1 Å². The average Bonchev–Trinajstić information content (AvgIpc) is 2.51. The Morgan fingerprint density at radius 2 is 1.88 bits per heavy atom. The third-order valence-electron chi connectivity index (χ3n) is 3.68. The summed E-state index contributed by atoms with van der Waals surface area (Å²) in [4.78, 5) is 12.0. The van der Waals surface area contributed by atoms with Gasteiger partial charge in [-0.15, -0.1) is 0 Å². The van der Waals surface area contributed by atoms with Gasteiger partial charge in [0.2, 0.25) is 0 Å². The van der Waals surface area contributed by atoms with Gasteiger partial charge in [0.25, 0.3) is 0 Å². The normalized spacial score (nSPS) is 12.1. The van der Waals surface area contributed by atoms with Crippen molar-refractivity contribution < 1.29 is 19.0 Å². The van der Waals surface area contributed by atoms with E-state index in [-0.39, 0.29) is 0 Å². The highest BCUT2D eigenvalue weighted by Gasteiger charge is 2.19. The first-order valence-corrected chi connectivity index (χ1v) is 7.94. The van der Waals surface area contributed by atoms with E-state index < -0.39 is 11.2 Å². The molecule has 0 fully saturated rings. The molecule has 0 aliphatic rings. The van der Waals surface area contributed by atoms with Crippen molar-refractivity contribution in [3.8, 4) is 11.5 Å². The summed E-state index contributed by atoms with van der Waals surface area (Å²) in [5.41, 5.74) is 0.465. The lowest BCUT2D eigenvalue weighted by Crippen LogP contribution is -2.13. The van der Waals surface area contributed by atoms with E-state index in [0.717, 1.165) is 23.8 Å². The number of aliphatic hydroxyl groups is 1. The van der Waals surface area contributed by atoms with Crippen molar-refractivity contribution in [3.05, 3.63) is 39.8 Å². The second-order valence-electron chi connectivity index (χ2n) is 6.23. The predicted molar refractivity (Wildman–Crippen MR) is 94.9 cm³/mol. The number of hydrogen-bond donors (Lipinski definition) is 1. The van der Waals surface area contributed by atoms with Gasteiger partial charge in [-0.3, -0.25) is 0 Å². The maximum Gasteiger partial charge on any atom is 0.336 e. The van der Waals surface area contributed by atoms with E-state index in [1.54, 1.807) is 39.2 Å². The number of hydrogen-bond acceptors (Lipinski definition) is 5. The quantitative estimate of drug-likeness (QED) is 0.819. The lowest BCUT2D eigenvalue weighted by Gasteiger charge is -2.15. The maximum atomic E-state index is 12.0. The molecule has 0 amide bonds. The molecule has 2 rings (SSSR count). The molecule has 1 aromatic heterocycles. The van der Waals surface area contributed by atoms with Gasteiger partial charge in [-0.1, -0.05) is 19.4 Å². The summed E-state index contributed by atoms with van der Waals surface area (Å²) in [6.07, 6.45) is 4.96. The van der Waals surface area contributed by atoms with E-state index in [9.17, 15) is 9.90 Å². The van der Waals surface area contributed by atoms with Crippen molar-refractivity contribution in [1.29, 1.82) is 0 Å². The van der Waals surface area contributed by atoms with Crippen molar-refractivity contribution in [2.45, 2.75) is 39.2 Å². The number of rotatable bonds is 6. The Balaban J connectivity index is 2.89. The fourth-order valence-corrected chi connectivity index (χ4v) is 2.62. The molecule has 5 heteroatoms. The van der Waals surface area contributed by atoms with E-state index in [4.69, 9.17) is 13.9 Å². The van der Waals surface area contributed by atoms with Crippen LogP contribution in [-0.4, -0.2) is 24.9 Å². The van der Waals surface area contributed by atoms with Crippen LogP contribution >= 0.6 is 0 Å². The SMILES string of the molecule is CCCc1cc(=O)oc2c(/C=C/C(C)(C)O)c(OC)cc(OC)c12. The van der Waals surface area contributed by atoms with Crippen LogP contribution in [0.5, 0.6) is 11.5 Å². The molecule has 2 aromatic rings. The Labute approximate surface area is 141 Å². The van der Waals surface area contributed by atoms with E-state index in [1.165, 1.54) is 13.2 Å². The fourth-order valence-electron chi connectivity index (χ4n) is 2.62. The summed E-state index contributed by atoms with van der Waals surface area (Å²) in [7, 11) is 3.11. The molecule has 0 aliphatic heterocycles. The van der Waals surface area contributed by atoms with Crippen molar-refractivity contribution in [2.75, 3.05) is 14.2 Å². The number of methoxy groups -OCH3 is 2. The topological polar surface area (TPSA) is 68.9 Å². The number of ether oxygens (including phenoxy) is 2. The van der Waals surface area contributed by atoms with Gasteiger partial charge in [-0.2, -0.15) is 0 Å². The van der Waals surface area contributed by atoms with Crippen LogP contribution in [-0.2, 0) is 6.42 Å². The summed E-state index contributed by atoms with van der Waals surface area (Å²) in [5, 5.41) is 10.7. The highest BCUT2D eigenvalue weighted by molar-refractivity contribution is 5.95. The predicted octanol–water partition coefficient (Wildman–Crippen LogP) is 3.55. The van der Waals surface area contributed by atoms with Gasteiger partial charge in [0.1, 0.15) is 11.5 Å². The molecule has 0 saturated carbocycles. The minimum absolute atomic E-state index is 0.405. The molecule has 0 bridgehead atoms. The molecule has 0 spiro atoms. The fraction of sp³-hybridized carbons (Fsp3) is 0.421. The standard InChI is InChI=1S/C19H24O5/c1-6-7-12-10-16(20)24-18-13(8-9-19(2,3)21)14(22-4)11-15(23-5)17(12)18/h8-11,21H,6-7H2,1-5H3/b9-8+. The van der Waals surface area contributed by atoms with Gasteiger partial charge in [-0.05, 0) is 31.9 Å². The van der Waals surface area contributed by atoms with Crippen LogP contribution in [0.15, 0.2) is 27.4 Å². The van der Waals surface area contributed by atoms with Gasteiger partial charge in [0.05, 0.1) is 30.8 Å². The Morgan fingerprint density at radius 3 is 2.42 bits per heavy atom. The van der Waals surface area contributed by atoms with E-state index >= 15 is 0 Å². The molecule has 5 nitrogen and oxygen atoms in total. The molecule has 24 heavy (non-hydrogen) atoms. The third kappa shape index (κ3) is 3.79. The minimum atomic E-state index is -1.00. The monoisotopic (exact) mass is 332 g/mol. The molecule has 0 radical (unpaired) electrons. The highest BCUT2D eigenvalue weighted by atomic mass is 16.5. The second-order valence-corrected chi connectivity index (χ2v) is 6.23. The number of benzene rings is 1. The van der Waals surface area contributed by atoms with Gasteiger partial charge in [0.15, 0.2) is 5.58 Å². The summed E-state index contributed by atoms with van der Waals surface area (Å²) in [6, 6.07) is 3.27. The lowest BCUT2D eigenvalue weighted by molar-refractivity contribution is 0.134. The number of aryl methyl sites for hydroxylation is 1. The molecule has 0 atom stereocenters. The smallest absolute Gasteiger partial charge is 0.336 e. The molecular formula is C19H24O5. The van der Waals surface area contributed by atoms with Crippen LogP contribution in [0.1, 0.15) is 38.3 Å². The van der Waals surface area contributed by atoms with Crippen LogP contribution < -0.4 is 15.1 Å². The van der Waals surface area contributed by atoms with Gasteiger partial charge in [-0.25, -0.2) is 4.79 Å². The molecule has 0 saturated heterocycles. The van der Waals surface area contributed by atoms with Crippen LogP contribution in [0.4, 0.5) is 0 Å². The molecule has 1 heterocycles. The van der Waals surface area contributed by atoms with Crippen molar-refractivity contribution in [1.82, 2.24) is 0 Å². The molecule has 0 aliphatic carbocycles. The Hall–Kier alpha value is -2.27. The summed E-state index contributed by atoms with van der Waals surface area (Å²) in [6.45, 7) is 5.38. The first-order valence-electron chi connectivity index (χ1n) is 7.94. The molecule has 1 N–H and O–H groups in total. The zero-order valence-electron chi connectivity index (χ0n) is 14.8. The molecule has 130 valence electrons. The first kappa shape index (κ1) is 18.1. The maximum absolute atomic E-state index is 12.0. The Morgan fingerprint density at radius 1 is 1.21 bits per heavy atom. The van der Waals surface area contributed by atoms with Gasteiger partial charge >= 0.3 is 5.63 Å². The van der Waals surface area contributed by atoms with Crippen LogP contribution in [0.2, 0.25) is 0 Å². The minimum Gasteiger partial charge on any atom is -0.496 e. The van der Waals surface area contributed by atoms with Crippen LogP contribution in [0.25, 0.3) is 17.0 Å². The largest absolute Gasteiger partial charge is 0.496 e. The summed E-state index contributed by atoms with van der Waals surface area (Å²) >= 11 is 0. The van der Waals surface area contributed by atoms with Crippen LogP contribution in [0.3, 0.4) is 0 Å². The Bertz CT molecular complexity index is 809. The molecular weight excluding hydrogens is 308 g/mol. The Kier molecular flexibility index (Phi) is 5.34. The molecule has 0 unspecified atom stereocenters. The zero-order chi connectivity index (χ0) is 17.9.